The topological polar surface area (TPSA) is 136 Å². The minimum Gasteiger partial charge on any atom is -0.389 e. The molecule has 6 rings (SSSR count). The number of nitrogens with one attached hydrogen (secondary N) is 4. The summed E-state index contributed by atoms with van der Waals surface area (Å²) < 4.78 is 52.8. The highest BCUT2D eigenvalue weighted by molar-refractivity contribution is 5.83. The van der Waals surface area contributed by atoms with Gasteiger partial charge < -0.3 is 25.7 Å². The molecule has 64 heavy (non-hydrogen) atoms. The molecular formula is C51H72F4N6O3. The number of carbonyl (C=O) groups excluding carboxylic acids is 2. The van der Waals surface area contributed by atoms with Crippen molar-refractivity contribution in [3.05, 3.63) is 71.4 Å². The molecule has 0 saturated heterocycles. The van der Waals surface area contributed by atoms with Gasteiger partial charge in [0.05, 0.1) is 47.0 Å². The van der Waals surface area contributed by atoms with Gasteiger partial charge in [0, 0.05) is 36.8 Å². The largest absolute Gasteiger partial charge is 0.389 e. The number of aromatic nitrogens is 4. The van der Waals surface area contributed by atoms with Crippen LogP contribution in [0, 0.1) is 53.3 Å². The number of alkyl halides is 4. The van der Waals surface area contributed by atoms with Crippen LogP contribution in [0.1, 0.15) is 150 Å². The van der Waals surface area contributed by atoms with E-state index in [4.69, 9.17) is 0 Å². The smallest absolute Gasteiger partial charge is 0.248 e. The Morgan fingerprint density at radius 1 is 0.812 bits per heavy atom. The van der Waals surface area contributed by atoms with E-state index in [2.05, 4.69) is 118 Å². The molecule has 2 saturated carbocycles. The lowest BCUT2D eigenvalue weighted by atomic mass is 9.66. The van der Waals surface area contributed by atoms with Crippen molar-refractivity contribution in [2.24, 2.45) is 28.6 Å². The highest BCUT2D eigenvalue weighted by atomic mass is 19.3. The van der Waals surface area contributed by atoms with E-state index in [0.717, 1.165) is 39.7 Å². The lowest BCUT2D eigenvalue weighted by molar-refractivity contribution is -0.168. The van der Waals surface area contributed by atoms with Crippen LogP contribution in [0.4, 0.5) is 17.6 Å². The molecule has 0 unspecified atom stereocenters. The molecule has 2 aliphatic carbocycles. The number of fused-ring (bicyclic) bond motifs is 1. The molecular weight excluding hydrogens is 821 g/mol. The van der Waals surface area contributed by atoms with Gasteiger partial charge in [0.25, 0.3) is 0 Å². The summed E-state index contributed by atoms with van der Waals surface area (Å²) in [6.45, 7) is 23.0. The molecule has 13 heteroatoms. The SMILES string of the molecule is C#C.CC(C)(C(=O)NCc1nc2ccc(C#Cc3ccc(-c4cnc(CNC=O)[nH]4)cc3)cc2[nH]1)C1(O)CCC(F)(F)CC1.CC(C)(C)C1CCC(F)(F)CC1.CC(C)C.CC(C)C. The minimum atomic E-state index is -2.80. The third kappa shape index (κ3) is 17.8. The molecule has 0 spiro atoms. The van der Waals surface area contributed by atoms with Crippen LogP contribution in [0.5, 0.6) is 0 Å². The van der Waals surface area contributed by atoms with Crippen LogP contribution in [-0.4, -0.2) is 54.8 Å². The van der Waals surface area contributed by atoms with Gasteiger partial charge in [0.15, 0.2) is 0 Å². The monoisotopic (exact) mass is 893 g/mol. The van der Waals surface area contributed by atoms with Crippen molar-refractivity contribution in [2.45, 2.75) is 158 Å². The molecule has 9 nitrogen and oxygen atoms in total. The summed E-state index contributed by atoms with van der Waals surface area (Å²) in [4.78, 5) is 38.6. The molecule has 2 fully saturated rings. The lowest BCUT2D eigenvalue weighted by Gasteiger charge is -2.45. The van der Waals surface area contributed by atoms with Crippen molar-refractivity contribution < 1.29 is 32.3 Å². The second kappa shape index (κ2) is 24.2. The van der Waals surface area contributed by atoms with Crippen LogP contribution in [-0.2, 0) is 22.7 Å². The summed E-state index contributed by atoms with van der Waals surface area (Å²) in [5.41, 5.74) is 2.33. The molecule has 2 heterocycles. The number of hydrogen-bond acceptors (Lipinski definition) is 5. The summed E-state index contributed by atoms with van der Waals surface area (Å²) in [6, 6.07) is 13.3. The molecule has 2 aliphatic rings. The molecule has 4 aromatic rings. The van der Waals surface area contributed by atoms with Gasteiger partial charge in [-0.15, -0.1) is 12.8 Å². The number of aliphatic hydroxyl groups is 1. The van der Waals surface area contributed by atoms with Crippen LogP contribution >= 0.6 is 0 Å². The van der Waals surface area contributed by atoms with Gasteiger partial charge in [-0.05, 0) is 98.6 Å². The van der Waals surface area contributed by atoms with Crippen molar-refractivity contribution in [2.75, 3.05) is 0 Å². The molecule has 0 atom stereocenters. The average molecular weight is 893 g/mol. The Bertz CT molecular complexity index is 2100. The number of benzene rings is 2. The zero-order chi connectivity index (χ0) is 48.5. The number of terminal acetylenes is 1. The van der Waals surface area contributed by atoms with Crippen LogP contribution in [0.15, 0.2) is 48.7 Å². The number of halogens is 4. The number of H-pyrrole nitrogens is 2. The Morgan fingerprint density at radius 3 is 1.86 bits per heavy atom. The van der Waals surface area contributed by atoms with E-state index in [-0.39, 0.29) is 37.6 Å². The van der Waals surface area contributed by atoms with Crippen LogP contribution in [0.3, 0.4) is 0 Å². The second-order valence-electron chi connectivity index (χ2n) is 19.6. The summed E-state index contributed by atoms with van der Waals surface area (Å²) in [5, 5.41) is 16.4. The molecule has 2 amide bonds. The Morgan fingerprint density at radius 2 is 1.33 bits per heavy atom. The Labute approximate surface area is 379 Å². The third-order valence-electron chi connectivity index (χ3n) is 11.0. The zero-order valence-electron chi connectivity index (χ0n) is 39.8. The van der Waals surface area contributed by atoms with Crippen LogP contribution < -0.4 is 10.6 Å². The molecule has 5 N–H and O–H groups in total. The molecule has 352 valence electrons. The maximum Gasteiger partial charge on any atom is 0.248 e. The number of aromatic amines is 2. The summed E-state index contributed by atoms with van der Waals surface area (Å²) in [5.74, 6) is 4.06. The predicted molar refractivity (Wildman–Crippen MR) is 250 cm³/mol. The van der Waals surface area contributed by atoms with Gasteiger partial charge in [-0.3, -0.25) is 9.59 Å². The first kappa shape index (κ1) is 55.0. The molecule has 0 bridgehead atoms. The van der Waals surface area contributed by atoms with Crippen LogP contribution in [0.2, 0.25) is 0 Å². The third-order valence-corrected chi connectivity index (χ3v) is 11.0. The molecule has 0 aliphatic heterocycles. The second-order valence-corrected chi connectivity index (χ2v) is 19.6. The Balaban J connectivity index is 0.000000528. The molecule has 2 aromatic carbocycles. The summed E-state index contributed by atoms with van der Waals surface area (Å²) in [7, 11) is 0. The maximum atomic E-state index is 13.6. The highest BCUT2D eigenvalue weighted by Gasteiger charge is 2.53. The van der Waals surface area contributed by atoms with Crippen molar-refractivity contribution >= 4 is 23.4 Å². The lowest BCUT2D eigenvalue weighted by Crippen LogP contribution is -2.56. The van der Waals surface area contributed by atoms with E-state index in [9.17, 15) is 32.3 Å². The van der Waals surface area contributed by atoms with Crippen molar-refractivity contribution in [1.82, 2.24) is 30.6 Å². The van der Waals surface area contributed by atoms with E-state index in [1.807, 2.05) is 42.5 Å². The van der Waals surface area contributed by atoms with Gasteiger partial charge in [-0.2, -0.15) is 0 Å². The minimum absolute atomic E-state index is 0.0922. The number of hydrogen-bond donors (Lipinski definition) is 5. The average Bonchev–Trinajstić information content (AvgIpc) is 3.87. The first-order chi connectivity index (χ1) is 29.8. The number of nitrogens with zero attached hydrogens (tertiary/aromatic N) is 2. The van der Waals surface area contributed by atoms with Gasteiger partial charge >= 0.3 is 0 Å². The fourth-order valence-electron chi connectivity index (χ4n) is 7.00. The standard InChI is InChI=1S/C31H32F2N6O3.C10H18F2.2C4H10.C2H2/c1-29(2,30(42)11-13-31(32,33)14-12-30)28(41)36-18-27-37-23-10-7-21(15-24(23)38-27)4-3-20-5-8-22(9-6-20)25-16-35-26(39-25)17-34-19-40;1-9(2,3)8-4-6-10(11,12)7-5-8;2*1-4(2)3;1-2/h5-10,15-16,19,42H,11-14,17-18H2,1-2H3,(H,34,40)(H,35,39)(H,36,41)(H,37,38);8H,4-7H2,1-3H3;2*4H,1-3H3;1-2H. The highest BCUT2D eigenvalue weighted by Crippen LogP contribution is 2.47. The fourth-order valence-corrected chi connectivity index (χ4v) is 7.00. The van der Waals surface area contributed by atoms with Gasteiger partial charge in [0.1, 0.15) is 11.6 Å². The van der Waals surface area contributed by atoms with E-state index >= 15 is 0 Å². The zero-order valence-corrected chi connectivity index (χ0v) is 39.8. The van der Waals surface area contributed by atoms with E-state index in [1.54, 1.807) is 20.0 Å². The number of imidazole rings is 2. The number of rotatable bonds is 8. The van der Waals surface area contributed by atoms with Gasteiger partial charge in [0.2, 0.25) is 24.2 Å². The number of carbonyl (C=O) groups is 2. The normalized spacial score (nSPS) is 16.4. The number of amides is 2. The Hall–Kier alpha value is -5.14. The quantitative estimate of drug-likeness (QED) is 0.0682. The summed E-state index contributed by atoms with van der Waals surface area (Å²) >= 11 is 0. The van der Waals surface area contributed by atoms with Crippen molar-refractivity contribution in [3.8, 4) is 35.9 Å². The predicted octanol–water partition coefficient (Wildman–Crippen LogP) is 11.6. The van der Waals surface area contributed by atoms with Crippen LogP contribution in [0.25, 0.3) is 22.3 Å². The van der Waals surface area contributed by atoms with E-state index < -0.39 is 41.6 Å². The maximum absolute atomic E-state index is 13.6. The van der Waals surface area contributed by atoms with Gasteiger partial charge in [-0.25, -0.2) is 27.5 Å². The van der Waals surface area contributed by atoms with Crippen molar-refractivity contribution in [3.63, 3.8) is 0 Å². The molecule has 2 aromatic heterocycles. The molecule has 0 radical (unpaired) electrons. The van der Waals surface area contributed by atoms with Gasteiger partial charge in [-0.1, -0.05) is 86.3 Å². The van der Waals surface area contributed by atoms with Crippen molar-refractivity contribution in [1.29, 1.82) is 0 Å². The van der Waals surface area contributed by atoms with E-state index in [0.29, 0.717) is 48.9 Å². The first-order valence-electron chi connectivity index (χ1n) is 22.2. The van der Waals surface area contributed by atoms with E-state index in [1.165, 1.54) is 0 Å². The first-order valence-corrected chi connectivity index (χ1v) is 22.2. The Kier molecular flexibility index (Phi) is 20.8. The fraction of sp³-hybridized carbons (Fsp3) is 0.569. The summed E-state index contributed by atoms with van der Waals surface area (Å²) in [6.07, 6.45) is 10.8.